The average Bonchev–Trinajstić information content (AvgIpc) is 2.34. The number of nitrogens with two attached hydrogens (primary N) is 1. The lowest BCUT2D eigenvalue weighted by Crippen LogP contribution is -2.12. The third-order valence-corrected chi connectivity index (χ3v) is 3.03. The van der Waals surface area contributed by atoms with Gasteiger partial charge in [-0.2, -0.15) is 0 Å². The molecule has 100 valence electrons. The molecule has 0 unspecified atom stereocenters. The Labute approximate surface area is 111 Å². The molecule has 0 aromatic heterocycles. The van der Waals surface area contributed by atoms with Gasteiger partial charge in [0.1, 0.15) is 12.4 Å². The zero-order chi connectivity index (χ0) is 13.7. The fraction of sp³-hybridized carbons (Fsp3) is 0.500. The molecule has 0 radical (unpaired) electrons. The minimum Gasteiger partial charge on any atom is -0.489 e. The van der Waals surface area contributed by atoms with Crippen LogP contribution in [0.1, 0.15) is 50.7 Å². The van der Waals surface area contributed by atoms with Crippen LogP contribution < -0.4 is 10.5 Å². The molecule has 0 spiro atoms. The summed E-state index contributed by atoms with van der Waals surface area (Å²) in [4.78, 5) is 0. The third kappa shape index (κ3) is 3.61. The van der Waals surface area contributed by atoms with Crippen molar-refractivity contribution in [1.82, 2.24) is 0 Å². The van der Waals surface area contributed by atoms with E-state index in [0.29, 0.717) is 25.0 Å². The largest absolute Gasteiger partial charge is 0.489 e. The van der Waals surface area contributed by atoms with E-state index >= 15 is 0 Å². The quantitative estimate of drug-likeness (QED) is 0.775. The molecule has 1 aromatic rings. The van der Waals surface area contributed by atoms with E-state index in [-0.39, 0.29) is 0 Å². The van der Waals surface area contributed by atoms with E-state index in [9.17, 15) is 0 Å². The van der Waals surface area contributed by atoms with Crippen LogP contribution in [-0.2, 0) is 0 Å². The zero-order valence-corrected chi connectivity index (χ0v) is 12.0. The van der Waals surface area contributed by atoms with Crippen molar-refractivity contribution in [2.75, 3.05) is 13.2 Å². The molecule has 0 aliphatic heterocycles. The van der Waals surface area contributed by atoms with E-state index < -0.39 is 0 Å². The molecule has 0 fully saturated rings. The average molecular weight is 247 g/mol. The molecule has 0 saturated heterocycles. The molecule has 2 N–H and O–H groups in total. The fourth-order valence-corrected chi connectivity index (χ4v) is 1.88. The summed E-state index contributed by atoms with van der Waals surface area (Å²) in [5, 5.41) is 0. The van der Waals surface area contributed by atoms with Crippen LogP contribution in [0.5, 0.6) is 5.75 Å². The maximum atomic E-state index is 5.96. The molecule has 0 amide bonds. The number of ether oxygens (including phenoxy) is 1. The van der Waals surface area contributed by atoms with Gasteiger partial charge in [0.25, 0.3) is 0 Å². The first-order chi connectivity index (χ1) is 8.47. The van der Waals surface area contributed by atoms with E-state index in [1.807, 2.05) is 0 Å². The summed E-state index contributed by atoms with van der Waals surface area (Å²) < 4.78 is 5.96. The van der Waals surface area contributed by atoms with E-state index in [2.05, 4.69) is 52.5 Å². The molecule has 18 heavy (non-hydrogen) atoms. The van der Waals surface area contributed by atoms with Gasteiger partial charge in [0.2, 0.25) is 0 Å². The van der Waals surface area contributed by atoms with Gasteiger partial charge in [0.15, 0.2) is 0 Å². The Morgan fingerprint density at radius 1 is 1.17 bits per heavy atom. The van der Waals surface area contributed by atoms with Gasteiger partial charge in [-0.3, -0.25) is 0 Å². The van der Waals surface area contributed by atoms with Crippen molar-refractivity contribution in [1.29, 1.82) is 0 Å². The number of rotatable bonds is 6. The molecule has 0 saturated carbocycles. The summed E-state index contributed by atoms with van der Waals surface area (Å²) in [6, 6.07) is 6.38. The van der Waals surface area contributed by atoms with E-state index in [4.69, 9.17) is 10.5 Å². The predicted octanol–water partition coefficient (Wildman–Crippen LogP) is 3.83. The summed E-state index contributed by atoms with van der Waals surface area (Å²) >= 11 is 0. The maximum absolute atomic E-state index is 5.96. The molecule has 0 bridgehead atoms. The lowest BCUT2D eigenvalue weighted by atomic mass is 9.94. The van der Waals surface area contributed by atoms with Crippen molar-refractivity contribution in [3.05, 3.63) is 41.5 Å². The van der Waals surface area contributed by atoms with E-state index in [0.717, 1.165) is 11.3 Å². The monoisotopic (exact) mass is 247 g/mol. The molecule has 1 rings (SSSR count). The fourth-order valence-electron chi connectivity index (χ4n) is 1.88. The minimum atomic E-state index is 0.449. The van der Waals surface area contributed by atoms with Crippen LogP contribution in [0, 0.1) is 0 Å². The number of para-hydroxylation sites is 1. The zero-order valence-electron chi connectivity index (χ0n) is 12.0. The molecule has 1 aromatic carbocycles. The van der Waals surface area contributed by atoms with Crippen molar-refractivity contribution < 1.29 is 4.74 Å². The van der Waals surface area contributed by atoms with Crippen LogP contribution in [0.3, 0.4) is 0 Å². The molecule has 2 heteroatoms. The normalized spacial score (nSPS) is 11.1. The van der Waals surface area contributed by atoms with Crippen molar-refractivity contribution >= 4 is 0 Å². The number of hydrogen-bond donors (Lipinski definition) is 1. The Kier molecular flexibility index (Phi) is 5.42. The minimum absolute atomic E-state index is 0.449. The lowest BCUT2D eigenvalue weighted by molar-refractivity contribution is 0.340. The van der Waals surface area contributed by atoms with Gasteiger partial charge in [-0.1, -0.05) is 52.5 Å². The Morgan fingerprint density at radius 2 is 1.67 bits per heavy atom. The maximum Gasteiger partial charge on any atom is 0.126 e. The second kappa shape index (κ2) is 6.60. The van der Waals surface area contributed by atoms with Crippen LogP contribution in [0.15, 0.2) is 30.4 Å². The van der Waals surface area contributed by atoms with Gasteiger partial charge in [-0.05, 0) is 28.5 Å². The van der Waals surface area contributed by atoms with Crippen molar-refractivity contribution in [3.63, 3.8) is 0 Å². The van der Waals surface area contributed by atoms with Crippen LogP contribution in [0.2, 0.25) is 0 Å². The molecule has 0 heterocycles. The molecule has 0 aliphatic carbocycles. The topological polar surface area (TPSA) is 35.2 Å². The SMILES string of the molecule is C=C(CN)COc1c(C(C)C)cccc1C(C)C. The first-order valence-corrected chi connectivity index (χ1v) is 6.59. The molecular formula is C16H25NO. The predicted molar refractivity (Wildman–Crippen MR) is 78.3 cm³/mol. The van der Waals surface area contributed by atoms with Gasteiger partial charge >= 0.3 is 0 Å². The third-order valence-electron chi connectivity index (χ3n) is 3.03. The Hall–Kier alpha value is -1.28. The summed E-state index contributed by atoms with van der Waals surface area (Å²) in [6.45, 7) is 13.6. The van der Waals surface area contributed by atoms with Gasteiger partial charge in [-0.25, -0.2) is 0 Å². The number of benzene rings is 1. The van der Waals surface area contributed by atoms with Crippen LogP contribution in [-0.4, -0.2) is 13.2 Å². The highest BCUT2D eigenvalue weighted by Gasteiger charge is 2.14. The van der Waals surface area contributed by atoms with Crippen molar-refractivity contribution in [3.8, 4) is 5.75 Å². The standard InChI is InChI=1S/C16H25NO/c1-11(2)14-7-6-8-15(12(3)4)16(14)18-10-13(5)9-17/h6-8,11-12H,5,9-10,17H2,1-4H3. The molecule has 0 aliphatic rings. The summed E-state index contributed by atoms with van der Waals surface area (Å²) in [5.74, 6) is 1.91. The highest BCUT2D eigenvalue weighted by Crippen LogP contribution is 2.34. The summed E-state index contributed by atoms with van der Waals surface area (Å²) in [5.41, 5.74) is 8.98. The van der Waals surface area contributed by atoms with Crippen LogP contribution >= 0.6 is 0 Å². The molecular weight excluding hydrogens is 222 g/mol. The smallest absolute Gasteiger partial charge is 0.126 e. The van der Waals surface area contributed by atoms with Gasteiger partial charge in [0.05, 0.1) is 0 Å². The molecule has 0 atom stereocenters. The van der Waals surface area contributed by atoms with E-state index in [1.54, 1.807) is 0 Å². The van der Waals surface area contributed by atoms with Crippen molar-refractivity contribution in [2.45, 2.75) is 39.5 Å². The van der Waals surface area contributed by atoms with Crippen LogP contribution in [0.25, 0.3) is 0 Å². The highest BCUT2D eigenvalue weighted by molar-refractivity contribution is 5.45. The van der Waals surface area contributed by atoms with Gasteiger partial charge in [0, 0.05) is 6.54 Å². The van der Waals surface area contributed by atoms with Crippen LogP contribution in [0.4, 0.5) is 0 Å². The van der Waals surface area contributed by atoms with E-state index in [1.165, 1.54) is 11.1 Å². The lowest BCUT2D eigenvalue weighted by Gasteiger charge is -2.20. The first-order valence-electron chi connectivity index (χ1n) is 6.59. The molecule has 2 nitrogen and oxygen atoms in total. The Morgan fingerprint density at radius 3 is 2.06 bits per heavy atom. The second-order valence-corrected chi connectivity index (χ2v) is 5.32. The highest BCUT2D eigenvalue weighted by atomic mass is 16.5. The van der Waals surface area contributed by atoms with Gasteiger partial charge < -0.3 is 10.5 Å². The van der Waals surface area contributed by atoms with Crippen molar-refractivity contribution in [2.24, 2.45) is 5.73 Å². The summed E-state index contributed by atoms with van der Waals surface area (Å²) in [6.07, 6.45) is 0. The van der Waals surface area contributed by atoms with Gasteiger partial charge in [-0.15, -0.1) is 0 Å². The number of hydrogen-bond acceptors (Lipinski definition) is 2. The Balaban J connectivity index is 3.06. The first kappa shape index (κ1) is 14.8. The Bertz CT molecular complexity index is 381. The second-order valence-electron chi connectivity index (χ2n) is 5.32. The summed E-state index contributed by atoms with van der Waals surface area (Å²) in [7, 11) is 0.